The Kier molecular flexibility index (Phi) is 2.95. The fourth-order valence-electron chi connectivity index (χ4n) is 1.27. The van der Waals surface area contributed by atoms with Gasteiger partial charge in [-0.1, -0.05) is 6.07 Å². The summed E-state index contributed by atoms with van der Waals surface area (Å²) >= 11 is 0. The second kappa shape index (κ2) is 4.57. The molecule has 2 heterocycles. The van der Waals surface area contributed by atoms with Crippen molar-refractivity contribution in [2.75, 3.05) is 5.73 Å². The first-order valence-corrected chi connectivity index (χ1v) is 4.92. The lowest BCUT2D eigenvalue weighted by Crippen LogP contribution is -2.08. The first-order valence-electron chi connectivity index (χ1n) is 4.92. The molecule has 0 aliphatic heterocycles. The van der Waals surface area contributed by atoms with E-state index in [0.717, 1.165) is 5.69 Å². The zero-order valence-corrected chi connectivity index (χ0v) is 8.87. The van der Waals surface area contributed by atoms with Crippen LogP contribution in [0.5, 0.6) is 5.88 Å². The summed E-state index contributed by atoms with van der Waals surface area (Å²) in [6.45, 7) is 1.89. The minimum atomic E-state index is -0.208. The van der Waals surface area contributed by atoms with Crippen molar-refractivity contribution in [3.63, 3.8) is 0 Å². The summed E-state index contributed by atoms with van der Waals surface area (Å²) in [6.07, 6.45) is 3.08. The van der Waals surface area contributed by atoms with Gasteiger partial charge >= 0.3 is 0 Å². The lowest BCUT2D eigenvalue weighted by molar-refractivity contribution is 0.212. The molecule has 0 bridgehead atoms. The van der Waals surface area contributed by atoms with Gasteiger partial charge in [-0.3, -0.25) is 0 Å². The molecule has 0 aromatic carbocycles. The van der Waals surface area contributed by atoms with Crippen LogP contribution in [0.1, 0.15) is 18.7 Å². The van der Waals surface area contributed by atoms with Crippen LogP contribution in [-0.2, 0) is 0 Å². The van der Waals surface area contributed by atoms with Crippen LogP contribution in [0.25, 0.3) is 0 Å². The van der Waals surface area contributed by atoms with Crippen LogP contribution in [-0.4, -0.2) is 15.0 Å². The number of anilines is 1. The lowest BCUT2D eigenvalue weighted by atomic mass is 10.3. The number of pyridine rings is 1. The van der Waals surface area contributed by atoms with Gasteiger partial charge in [-0.05, 0) is 19.1 Å². The number of aromatic nitrogens is 3. The van der Waals surface area contributed by atoms with Crippen LogP contribution in [0.3, 0.4) is 0 Å². The Bertz CT molecular complexity index is 461. The second-order valence-electron chi connectivity index (χ2n) is 3.27. The predicted octanol–water partition coefficient (Wildman–Crippen LogP) is 1.59. The molecule has 0 amide bonds. The summed E-state index contributed by atoms with van der Waals surface area (Å²) in [5, 5.41) is 0. The Morgan fingerprint density at radius 3 is 2.75 bits per heavy atom. The van der Waals surface area contributed by atoms with Crippen LogP contribution in [0.15, 0.2) is 36.7 Å². The summed E-state index contributed by atoms with van der Waals surface area (Å²) < 4.78 is 5.60. The highest BCUT2D eigenvalue weighted by atomic mass is 16.5. The summed E-state index contributed by atoms with van der Waals surface area (Å²) in [5.74, 6) is 0.807. The molecule has 1 unspecified atom stereocenters. The third-order valence-corrected chi connectivity index (χ3v) is 2.05. The summed E-state index contributed by atoms with van der Waals surface area (Å²) in [7, 11) is 0. The molecule has 0 saturated heterocycles. The van der Waals surface area contributed by atoms with E-state index in [4.69, 9.17) is 10.5 Å². The molecule has 5 heteroatoms. The maximum absolute atomic E-state index is 5.60. The fourth-order valence-corrected chi connectivity index (χ4v) is 1.27. The molecule has 0 radical (unpaired) electrons. The average molecular weight is 216 g/mol. The van der Waals surface area contributed by atoms with E-state index >= 15 is 0 Å². The highest BCUT2D eigenvalue weighted by Gasteiger charge is 2.09. The molecule has 2 aromatic heterocycles. The quantitative estimate of drug-likeness (QED) is 0.843. The molecule has 5 nitrogen and oxygen atoms in total. The molecule has 16 heavy (non-hydrogen) atoms. The standard InChI is InChI=1S/C11H12N4O/c1-8(9-5-7-14-11(12)15-9)16-10-4-2-3-6-13-10/h2-8H,1H3,(H2,12,14,15). The number of nitrogen functional groups attached to an aromatic ring is 1. The second-order valence-corrected chi connectivity index (χ2v) is 3.27. The Hall–Kier alpha value is -2.17. The van der Waals surface area contributed by atoms with E-state index in [1.807, 2.05) is 19.1 Å². The van der Waals surface area contributed by atoms with E-state index in [0.29, 0.717) is 5.88 Å². The van der Waals surface area contributed by atoms with E-state index < -0.39 is 0 Å². The summed E-state index contributed by atoms with van der Waals surface area (Å²) in [4.78, 5) is 12.0. The number of hydrogen-bond acceptors (Lipinski definition) is 5. The van der Waals surface area contributed by atoms with Crippen molar-refractivity contribution in [3.05, 3.63) is 42.4 Å². The van der Waals surface area contributed by atoms with Crippen LogP contribution in [0.2, 0.25) is 0 Å². The van der Waals surface area contributed by atoms with Gasteiger partial charge in [-0.15, -0.1) is 0 Å². The molecule has 82 valence electrons. The van der Waals surface area contributed by atoms with E-state index in [1.165, 1.54) is 0 Å². The Morgan fingerprint density at radius 2 is 2.06 bits per heavy atom. The molecule has 2 aromatic rings. The van der Waals surface area contributed by atoms with Gasteiger partial charge in [0.2, 0.25) is 11.8 Å². The third kappa shape index (κ3) is 2.44. The van der Waals surface area contributed by atoms with Gasteiger partial charge in [-0.25, -0.2) is 15.0 Å². The number of rotatable bonds is 3. The molecular formula is C11H12N4O. The van der Waals surface area contributed by atoms with Gasteiger partial charge in [0.05, 0.1) is 5.69 Å². The molecule has 0 aliphatic rings. The van der Waals surface area contributed by atoms with Gasteiger partial charge < -0.3 is 10.5 Å². The highest BCUT2D eigenvalue weighted by molar-refractivity contribution is 5.19. The summed E-state index contributed by atoms with van der Waals surface area (Å²) in [5.41, 5.74) is 6.23. The van der Waals surface area contributed by atoms with E-state index in [-0.39, 0.29) is 12.1 Å². The van der Waals surface area contributed by atoms with Crippen LogP contribution >= 0.6 is 0 Å². The number of nitrogens with two attached hydrogens (primary N) is 1. The van der Waals surface area contributed by atoms with E-state index in [9.17, 15) is 0 Å². The third-order valence-electron chi connectivity index (χ3n) is 2.05. The van der Waals surface area contributed by atoms with Crippen molar-refractivity contribution in [2.24, 2.45) is 0 Å². The van der Waals surface area contributed by atoms with Crippen LogP contribution < -0.4 is 10.5 Å². The minimum absolute atomic E-state index is 0.208. The van der Waals surface area contributed by atoms with Crippen molar-refractivity contribution in [1.82, 2.24) is 15.0 Å². The Labute approximate surface area is 93.3 Å². The lowest BCUT2D eigenvalue weighted by Gasteiger charge is -2.12. The van der Waals surface area contributed by atoms with Gasteiger partial charge in [0.25, 0.3) is 0 Å². The Morgan fingerprint density at radius 1 is 1.19 bits per heavy atom. The van der Waals surface area contributed by atoms with Crippen molar-refractivity contribution in [1.29, 1.82) is 0 Å². The zero-order valence-electron chi connectivity index (χ0n) is 8.87. The molecule has 0 aliphatic carbocycles. The van der Waals surface area contributed by atoms with Crippen molar-refractivity contribution in [3.8, 4) is 5.88 Å². The van der Waals surface area contributed by atoms with E-state index in [2.05, 4.69) is 15.0 Å². The molecule has 1 atom stereocenters. The summed E-state index contributed by atoms with van der Waals surface area (Å²) in [6, 6.07) is 7.26. The monoisotopic (exact) mass is 216 g/mol. The topological polar surface area (TPSA) is 73.9 Å². The smallest absolute Gasteiger partial charge is 0.220 e. The predicted molar refractivity (Wildman–Crippen MR) is 59.7 cm³/mol. The Balaban J connectivity index is 2.12. The minimum Gasteiger partial charge on any atom is -0.468 e. The van der Waals surface area contributed by atoms with E-state index in [1.54, 1.807) is 24.5 Å². The zero-order chi connectivity index (χ0) is 11.4. The SMILES string of the molecule is CC(Oc1ccccn1)c1ccnc(N)n1. The molecular weight excluding hydrogens is 204 g/mol. The molecule has 0 spiro atoms. The number of hydrogen-bond donors (Lipinski definition) is 1. The number of ether oxygens (including phenoxy) is 1. The van der Waals surface area contributed by atoms with Crippen molar-refractivity contribution < 1.29 is 4.74 Å². The van der Waals surface area contributed by atoms with Gasteiger partial charge in [0, 0.05) is 18.5 Å². The first-order chi connectivity index (χ1) is 7.75. The maximum atomic E-state index is 5.60. The fraction of sp³-hybridized carbons (Fsp3) is 0.182. The van der Waals surface area contributed by atoms with Crippen LogP contribution in [0, 0.1) is 0 Å². The molecule has 0 saturated carbocycles. The first kappa shape index (κ1) is 10.4. The normalized spacial score (nSPS) is 12.1. The molecule has 0 fully saturated rings. The number of nitrogens with zero attached hydrogens (tertiary/aromatic N) is 3. The average Bonchev–Trinajstić information content (AvgIpc) is 2.30. The molecule has 2 rings (SSSR count). The highest BCUT2D eigenvalue weighted by Crippen LogP contribution is 2.17. The van der Waals surface area contributed by atoms with Gasteiger partial charge in [0.1, 0.15) is 6.10 Å². The maximum Gasteiger partial charge on any atom is 0.220 e. The van der Waals surface area contributed by atoms with Gasteiger partial charge in [-0.2, -0.15) is 0 Å². The van der Waals surface area contributed by atoms with Crippen LogP contribution in [0.4, 0.5) is 5.95 Å². The van der Waals surface area contributed by atoms with Gasteiger partial charge in [0.15, 0.2) is 0 Å². The molecule has 2 N–H and O–H groups in total. The largest absolute Gasteiger partial charge is 0.468 e. The van der Waals surface area contributed by atoms with Crippen molar-refractivity contribution >= 4 is 5.95 Å². The van der Waals surface area contributed by atoms with Crippen molar-refractivity contribution in [2.45, 2.75) is 13.0 Å².